The zero-order chi connectivity index (χ0) is 19.2. The van der Waals surface area contributed by atoms with Crippen molar-refractivity contribution in [3.8, 4) is 5.75 Å². The molecule has 1 aromatic heterocycles. The van der Waals surface area contributed by atoms with Crippen LogP contribution < -0.4 is 15.4 Å². The van der Waals surface area contributed by atoms with E-state index in [0.29, 0.717) is 23.0 Å². The van der Waals surface area contributed by atoms with Crippen molar-refractivity contribution in [3.63, 3.8) is 0 Å². The highest BCUT2D eigenvalue weighted by Gasteiger charge is 2.11. The minimum absolute atomic E-state index is 0.296. The number of nitrogens with zero attached hydrogens (tertiary/aromatic N) is 1. The van der Waals surface area contributed by atoms with Gasteiger partial charge in [-0.15, -0.1) is 0 Å². The van der Waals surface area contributed by atoms with Gasteiger partial charge in [0, 0.05) is 28.3 Å². The third-order valence-electron chi connectivity index (χ3n) is 3.96. The minimum Gasteiger partial charge on any atom is -0.494 e. The first kappa shape index (κ1) is 18.7. The van der Waals surface area contributed by atoms with Crippen molar-refractivity contribution in [1.82, 2.24) is 4.98 Å². The number of amides is 1. The topological polar surface area (TPSA) is 63.2 Å². The molecule has 1 heterocycles. The molecule has 1 amide bonds. The Hall–Kier alpha value is -3.05. The monoisotopic (exact) mass is 381 g/mol. The van der Waals surface area contributed by atoms with Crippen LogP contribution in [0.5, 0.6) is 5.75 Å². The Morgan fingerprint density at radius 1 is 1.11 bits per heavy atom. The lowest BCUT2D eigenvalue weighted by Gasteiger charge is -2.11. The molecule has 0 saturated heterocycles. The van der Waals surface area contributed by atoms with Gasteiger partial charge in [0.05, 0.1) is 6.61 Å². The molecule has 3 aromatic rings. The fourth-order valence-electron chi connectivity index (χ4n) is 2.53. The third kappa shape index (κ3) is 4.77. The highest BCUT2D eigenvalue weighted by molar-refractivity contribution is 6.31. The van der Waals surface area contributed by atoms with Crippen molar-refractivity contribution in [3.05, 3.63) is 77.1 Å². The summed E-state index contributed by atoms with van der Waals surface area (Å²) in [6.45, 7) is 4.43. The Balaban J connectivity index is 1.72. The van der Waals surface area contributed by atoms with Gasteiger partial charge in [0.25, 0.3) is 5.91 Å². The number of pyridine rings is 1. The molecule has 0 aliphatic heterocycles. The summed E-state index contributed by atoms with van der Waals surface area (Å²) >= 11 is 6.10. The molecule has 3 rings (SSSR count). The molecule has 0 aliphatic carbocycles. The maximum Gasteiger partial charge on any atom is 0.274 e. The molecule has 27 heavy (non-hydrogen) atoms. The number of ether oxygens (including phenoxy) is 1. The van der Waals surface area contributed by atoms with E-state index in [0.717, 1.165) is 22.7 Å². The number of hydrogen-bond acceptors (Lipinski definition) is 4. The van der Waals surface area contributed by atoms with E-state index in [2.05, 4.69) is 15.6 Å². The first-order valence-electron chi connectivity index (χ1n) is 8.59. The van der Waals surface area contributed by atoms with E-state index in [9.17, 15) is 4.79 Å². The van der Waals surface area contributed by atoms with Crippen molar-refractivity contribution >= 4 is 34.6 Å². The lowest BCUT2D eigenvalue weighted by Crippen LogP contribution is -2.14. The molecule has 0 radical (unpaired) electrons. The molecule has 0 bridgehead atoms. The molecule has 0 saturated carbocycles. The van der Waals surface area contributed by atoms with E-state index in [1.807, 2.05) is 38.1 Å². The van der Waals surface area contributed by atoms with Gasteiger partial charge in [-0.2, -0.15) is 0 Å². The van der Waals surface area contributed by atoms with Crippen molar-refractivity contribution in [2.75, 3.05) is 17.2 Å². The molecule has 6 heteroatoms. The molecule has 0 spiro atoms. The van der Waals surface area contributed by atoms with Crippen LogP contribution >= 0.6 is 11.6 Å². The molecule has 0 aliphatic rings. The molecule has 138 valence electrons. The fraction of sp³-hybridized carbons (Fsp3) is 0.143. The number of aromatic nitrogens is 1. The van der Waals surface area contributed by atoms with Crippen molar-refractivity contribution in [2.24, 2.45) is 0 Å². The van der Waals surface area contributed by atoms with Crippen LogP contribution in [-0.4, -0.2) is 17.5 Å². The number of halogens is 1. The average molecular weight is 382 g/mol. The maximum atomic E-state index is 12.5. The summed E-state index contributed by atoms with van der Waals surface area (Å²) < 4.78 is 5.44. The molecular formula is C21H20ClN3O2. The highest BCUT2D eigenvalue weighted by atomic mass is 35.5. The average Bonchev–Trinajstić information content (AvgIpc) is 2.67. The highest BCUT2D eigenvalue weighted by Crippen LogP contribution is 2.24. The van der Waals surface area contributed by atoms with E-state index >= 15 is 0 Å². The zero-order valence-electron chi connectivity index (χ0n) is 15.1. The second-order valence-electron chi connectivity index (χ2n) is 5.88. The zero-order valence-corrected chi connectivity index (χ0v) is 15.9. The van der Waals surface area contributed by atoms with Gasteiger partial charge in [0.2, 0.25) is 0 Å². The molecule has 0 unspecified atom stereocenters. The van der Waals surface area contributed by atoms with Gasteiger partial charge < -0.3 is 15.4 Å². The third-order valence-corrected chi connectivity index (χ3v) is 4.37. The normalized spacial score (nSPS) is 10.3. The van der Waals surface area contributed by atoms with E-state index in [4.69, 9.17) is 16.3 Å². The molecule has 2 aromatic carbocycles. The van der Waals surface area contributed by atoms with Gasteiger partial charge >= 0.3 is 0 Å². The molecule has 5 nitrogen and oxygen atoms in total. The van der Waals surface area contributed by atoms with Crippen LogP contribution in [0.2, 0.25) is 5.02 Å². The number of rotatable bonds is 6. The lowest BCUT2D eigenvalue weighted by atomic mass is 10.2. The summed E-state index contributed by atoms with van der Waals surface area (Å²) in [7, 11) is 0. The van der Waals surface area contributed by atoms with E-state index in [1.54, 1.807) is 36.5 Å². The van der Waals surface area contributed by atoms with Crippen LogP contribution in [0.3, 0.4) is 0 Å². The number of carbonyl (C=O) groups excluding carboxylic acids is 1. The van der Waals surface area contributed by atoms with Gasteiger partial charge in [-0.1, -0.05) is 17.7 Å². The Kier molecular flexibility index (Phi) is 5.94. The Morgan fingerprint density at radius 2 is 1.89 bits per heavy atom. The minimum atomic E-state index is -0.296. The van der Waals surface area contributed by atoms with E-state index in [-0.39, 0.29) is 5.91 Å². The number of carbonyl (C=O) groups is 1. The summed E-state index contributed by atoms with van der Waals surface area (Å²) in [6.07, 6.45) is 1.59. The SMILES string of the molecule is CCOc1ccc(Nc2ccnc(C(=O)Nc3cccc(Cl)c3C)c2)cc1. The van der Waals surface area contributed by atoms with Crippen molar-refractivity contribution in [2.45, 2.75) is 13.8 Å². The lowest BCUT2D eigenvalue weighted by molar-refractivity contribution is 0.102. The summed E-state index contributed by atoms with van der Waals surface area (Å²) in [5.41, 5.74) is 3.45. The van der Waals surface area contributed by atoms with Crippen LogP contribution in [0.4, 0.5) is 17.1 Å². The maximum absolute atomic E-state index is 12.5. The van der Waals surface area contributed by atoms with Gasteiger partial charge in [0.15, 0.2) is 0 Å². The van der Waals surface area contributed by atoms with Crippen LogP contribution in [-0.2, 0) is 0 Å². The van der Waals surface area contributed by atoms with Crippen LogP contribution in [0.1, 0.15) is 23.0 Å². The van der Waals surface area contributed by atoms with Crippen molar-refractivity contribution < 1.29 is 9.53 Å². The molecule has 2 N–H and O–H groups in total. The number of benzene rings is 2. The largest absolute Gasteiger partial charge is 0.494 e. The summed E-state index contributed by atoms with van der Waals surface area (Å²) in [5.74, 6) is 0.519. The Labute approximate surface area is 163 Å². The molecular weight excluding hydrogens is 362 g/mol. The number of anilines is 3. The fourth-order valence-corrected chi connectivity index (χ4v) is 2.70. The Bertz CT molecular complexity index is 942. The first-order chi connectivity index (χ1) is 13.1. The quantitative estimate of drug-likeness (QED) is 0.597. The number of nitrogens with one attached hydrogen (secondary N) is 2. The van der Waals surface area contributed by atoms with Gasteiger partial charge in [0.1, 0.15) is 11.4 Å². The molecule has 0 atom stereocenters. The van der Waals surface area contributed by atoms with E-state index in [1.165, 1.54) is 0 Å². The van der Waals surface area contributed by atoms with Crippen LogP contribution in [0, 0.1) is 6.92 Å². The van der Waals surface area contributed by atoms with Crippen LogP contribution in [0.25, 0.3) is 0 Å². The van der Waals surface area contributed by atoms with E-state index < -0.39 is 0 Å². The predicted octanol–water partition coefficient (Wildman–Crippen LogP) is 5.44. The molecule has 0 fully saturated rings. The standard InChI is InChI=1S/C21H20ClN3O2/c1-3-27-17-9-7-15(8-10-17)24-16-11-12-23-20(13-16)21(26)25-19-6-4-5-18(22)14(19)2/h4-13H,3H2,1-2H3,(H,23,24)(H,25,26). The van der Waals surface area contributed by atoms with Gasteiger partial charge in [-0.05, 0) is 67.9 Å². The van der Waals surface area contributed by atoms with Gasteiger partial charge in [-0.3, -0.25) is 9.78 Å². The second-order valence-corrected chi connectivity index (χ2v) is 6.29. The number of hydrogen-bond donors (Lipinski definition) is 2. The first-order valence-corrected chi connectivity index (χ1v) is 8.97. The summed E-state index contributed by atoms with van der Waals surface area (Å²) in [4.78, 5) is 16.7. The van der Waals surface area contributed by atoms with Gasteiger partial charge in [-0.25, -0.2) is 0 Å². The van der Waals surface area contributed by atoms with Crippen LogP contribution in [0.15, 0.2) is 60.8 Å². The van der Waals surface area contributed by atoms with Crippen molar-refractivity contribution in [1.29, 1.82) is 0 Å². The second kappa shape index (κ2) is 8.56. The summed E-state index contributed by atoms with van der Waals surface area (Å²) in [5, 5.41) is 6.71. The Morgan fingerprint density at radius 3 is 2.63 bits per heavy atom. The summed E-state index contributed by atoms with van der Waals surface area (Å²) in [6, 6.07) is 16.5. The predicted molar refractivity (Wildman–Crippen MR) is 109 cm³/mol. The smallest absolute Gasteiger partial charge is 0.274 e.